The summed E-state index contributed by atoms with van der Waals surface area (Å²) in [6.07, 6.45) is 0. The summed E-state index contributed by atoms with van der Waals surface area (Å²) in [5, 5.41) is 15.7. The van der Waals surface area contributed by atoms with E-state index in [4.69, 9.17) is 4.74 Å². The summed E-state index contributed by atoms with van der Waals surface area (Å²) in [4.78, 5) is 33.7. The number of nitrogens with zero attached hydrogens (tertiary/aromatic N) is 1. The van der Waals surface area contributed by atoms with Crippen LogP contribution in [0.5, 0.6) is 5.75 Å². The van der Waals surface area contributed by atoms with Gasteiger partial charge in [0.25, 0.3) is 11.6 Å². The normalized spacial score (nSPS) is 10.3. The number of nitrogens with one attached hydrogen (secondary N) is 2. The second kappa shape index (κ2) is 8.94. The third kappa shape index (κ3) is 5.50. The van der Waals surface area contributed by atoms with Gasteiger partial charge in [-0.05, 0) is 38.0 Å². The van der Waals surface area contributed by atoms with Gasteiger partial charge in [0.05, 0.1) is 17.5 Å². The summed E-state index contributed by atoms with van der Waals surface area (Å²) in [5.41, 5.74) is 3.17. The van der Waals surface area contributed by atoms with Gasteiger partial charge in [-0.1, -0.05) is 17.7 Å². The number of carbonyl (C=O) groups excluding carboxylic acids is 2. The number of carbonyl (C=O) groups is 2. The maximum atomic E-state index is 13.7. The topological polar surface area (TPSA) is 111 Å². The standard InChI is InChI=1S/C19H20FN3O5/c1-11-6-12(2)19(13(3)7-11)22-17(24)9-21-18(25)10-28-16-5-4-14(23(26)27)8-15(16)20/h4-8H,9-10H2,1-3H3,(H,21,25)(H,22,24). The molecule has 0 saturated carbocycles. The van der Waals surface area contributed by atoms with Crippen molar-refractivity contribution in [1.82, 2.24) is 5.32 Å². The molecule has 0 bridgehead atoms. The highest BCUT2D eigenvalue weighted by atomic mass is 19.1. The predicted octanol–water partition coefficient (Wildman–Crippen LogP) is 2.79. The molecule has 0 atom stereocenters. The van der Waals surface area contributed by atoms with Crippen LogP contribution in [0, 0.1) is 36.7 Å². The van der Waals surface area contributed by atoms with Gasteiger partial charge in [0.15, 0.2) is 18.2 Å². The molecule has 28 heavy (non-hydrogen) atoms. The van der Waals surface area contributed by atoms with Crippen molar-refractivity contribution in [3.05, 3.63) is 63.0 Å². The minimum atomic E-state index is -0.954. The number of non-ortho nitro benzene ring substituents is 1. The molecule has 8 nitrogen and oxygen atoms in total. The second-order valence-corrected chi connectivity index (χ2v) is 6.26. The van der Waals surface area contributed by atoms with E-state index in [0.29, 0.717) is 11.8 Å². The van der Waals surface area contributed by atoms with Crippen LogP contribution in [0.15, 0.2) is 30.3 Å². The molecule has 0 radical (unpaired) electrons. The smallest absolute Gasteiger partial charge is 0.272 e. The number of hydrogen-bond donors (Lipinski definition) is 2. The minimum Gasteiger partial charge on any atom is -0.481 e. The lowest BCUT2D eigenvalue weighted by Gasteiger charge is -2.13. The number of anilines is 1. The largest absolute Gasteiger partial charge is 0.481 e. The molecule has 0 aromatic heterocycles. The van der Waals surface area contributed by atoms with Gasteiger partial charge in [-0.3, -0.25) is 19.7 Å². The van der Waals surface area contributed by atoms with Crippen LogP contribution in [0.25, 0.3) is 0 Å². The van der Waals surface area contributed by atoms with Crippen molar-refractivity contribution in [3.8, 4) is 5.75 Å². The molecule has 0 heterocycles. The number of halogens is 1. The van der Waals surface area contributed by atoms with Crippen LogP contribution in [0.4, 0.5) is 15.8 Å². The van der Waals surface area contributed by atoms with Gasteiger partial charge in [-0.2, -0.15) is 0 Å². The lowest BCUT2D eigenvalue weighted by molar-refractivity contribution is -0.385. The van der Waals surface area contributed by atoms with Crippen LogP contribution in [0.3, 0.4) is 0 Å². The first-order valence-electron chi connectivity index (χ1n) is 8.38. The fraction of sp³-hybridized carbons (Fsp3) is 0.263. The Morgan fingerprint density at radius 2 is 1.75 bits per heavy atom. The number of nitro groups is 1. The number of rotatable bonds is 7. The van der Waals surface area contributed by atoms with Crippen LogP contribution < -0.4 is 15.4 Å². The van der Waals surface area contributed by atoms with Crippen molar-refractivity contribution >= 4 is 23.2 Å². The molecule has 0 spiro atoms. The number of benzene rings is 2. The molecular weight excluding hydrogens is 369 g/mol. The van der Waals surface area contributed by atoms with Crippen LogP contribution in [-0.4, -0.2) is 29.9 Å². The number of ether oxygens (including phenoxy) is 1. The zero-order valence-corrected chi connectivity index (χ0v) is 15.7. The van der Waals surface area contributed by atoms with Gasteiger partial charge in [0.1, 0.15) is 0 Å². The van der Waals surface area contributed by atoms with Crippen LogP contribution in [-0.2, 0) is 9.59 Å². The molecule has 0 saturated heterocycles. The molecule has 9 heteroatoms. The Labute approximate surface area is 160 Å². The van der Waals surface area contributed by atoms with Crippen molar-refractivity contribution in [2.45, 2.75) is 20.8 Å². The molecule has 2 rings (SSSR count). The lowest BCUT2D eigenvalue weighted by atomic mass is 10.1. The van der Waals surface area contributed by atoms with E-state index in [-0.39, 0.29) is 12.3 Å². The maximum Gasteiger partial charge on any atom is 0.272 e. The third-order valence-corrected chi connectivity index (χ3v) is 3.87. The lowest BCUT2D eigenvalue weighted by Crippen LogP contribution is -2.36. The summed E-state index contributed by atoms with van der Waals surface area (Å²) >= 11 is 0. The minimum absolute atomic E-state index is 0.280. The Bertz CT molecular complexity index is 907. The summed E-state index contributed by atoms with van der Waals surface area (Å²) in [7, 11) is 0. The van der Waals surface area contributed by atoms with Crippen LogP contribution in [0.1, 0.15) is 16.7 Å². The van der Waals surface area contributed by atoms with E-state index < -0.39 is 34.8 Å². The van der Waals surface area contributed by atoms with Gasteiger partial charge in [-0.15, -0.1) is 0 Å². The van der Waals surface area contributed by atoms with E-state index in [9.17, 15) is 24.1 Å². The van der Waals surface area contributed by atoms with Crippen LogP contribution >= 0.6 is 0 Å². The van der Waals surface area contributed by atoms with Crippen molar-refractivity contribution in [2.24, 2.45) is 0 Å². The summed E-state index contributed by atoms with van der Waals surface area (Å²) < 4.78 is 18.7. The first-order chi connectivity index (χ1) is 13.2. The number of hydrogen-bond acceptors (Lipinski definition) is 5. The SMILES string of the molecule is Cc1cc(C)c(NC(=O)CNC(=O)COc2ccc([N+](=O)[O-])cc2F)c(C)c1. The summed E-state index contributed by atoms with van der Waals surface area (Å²) in [6.45, 7) is 4.89. The van der Waals surface area contributed by atoms with Gasteiger partial charge >= 0.3 is 0 Å². The first-order valence-corrected chi connectivity index (χ1v) is 8.38. The Morgan fingerprint density at radius 3 is 2.32 bits per heavy atom. The highest BCUT2D eigenvalue weighted by Gasteiger charge is 2.14. The fourth-order valence-corrected chi connectivity index (χ4v) is 2.65. The molecular formula is C19H20FN3O5. The van der Waals surface area contributed by atoms with E-state index in [1.54, 1.807) is 0 Å². The molecule has 2 N–H and O–H groups in total. The summed E-state index contributed by atoms with van der Waals surface area (Å²) in [5.74, 6) is -2.30. The quantitative estimate of drug-likeness (QED) is 0.559. The highest BCUT2D eigenvalue weighted by molar-refractivity contribution is 5.95. The van der Waals surface area contributed by atoms with Gasteiger partial charge in [-0.25, -0.2) is 4.39 Å². The van der Waals surface area contributed by atoms with E-state index in [2.05, 4.69) is 10.6 Å². The first kappa shape index (κ1) is 20.8. The predicted molar refractivity (Wildman–Crippen MR) is 101 cm³/mol. The van der Waals surface area contributed by atoms with E-state index in [1.807, 2.05) is 32.9 Å². The Morgan fingerprint density at radius 1 is 1.11 bits per heavy atom. The number of nitro benzene ring substituents is 1. The number of aryl methyl sites for hydroxylation is 3. The van der Waals surface area contributed by atoms with Gasteiger partial charge in [0, 0.05) is 11.8 Å². The Hall–Kier alpha value is -3.49. The molecule has 2 aromatic carbocycles. The van der Waals surface area contributed by atoms with Crippen molar-refractivity contribution in [1.29, 1.82) is 0 Å². The second-order valence-electron chi connectivity index (χ2n) is 6.26. The van der Waals surface area contributed by atoms with Crippen LogP contribution in [0.2, 0.25) is 0 Å². The molecule has 0 aliphatic heterocycles. The maximum absolute atomic E-state index is 13.7. The van der Waals surface area contributed by atoms with E-state index >= 15 is 0 Å². The molecule has 2 aromatic rings. The van der Waals surface area contributed by atoms with Gasteiger partial charge < -0.3 is 15.4 Å². The molecule has 0 aliphatic rings. The monoisotopic (exact) mass is 389 g/mol. The zero-order chi connectivity index (χ0) is 20.8. The molecule has 148 valence electrons. The fourth-order valence-electron chi connectivity index (χ4n) is 2.65. The highest BCUT2D eigenvalue weighted by Crippen LogP contribution is 2.23. The Balaban J connectivity index is 1.84. The van der Waals surface area contributed by atoms with Gasteiger partial charge in [0.2, 0.25) is 5.91 Å². The molecule has 0 fully saturated rings. The van der Waals surface area contributed by atoms with E-state index in [1.165, 1.54) is 0 Å². The molecule has 0 unspecified atom stereocenters. The third-order valence-electron chi connectivity index (χ3n) is 3.87. The average Bonchev–Trinajstić information content (AvgIpc) is 2.61. The summed E-state index contributed by atoms with van der Waals surface area (Å²) in [6, 6.07) is 6.71. The van der Waals surface area contributed by atoms with Crippen molar-refractivity contribution in [3.63, 3.8) is 0 Å². The molecule has 2 amide bonds. The van der Waals surface area contributed by atoms with Crippen molar-refractivity contribution < 1.29 is 23.6 Å². The number of amides is 2. The van der Waals surface area contributed by atoms with Crippen molar-refractivity contribution in [2.75, 3.05) is 18.5 Å². The van der Waals surface area contributed by atoms with E-state index in [0.717, 1.165) is 28.8 Å². The molecule has 0 aliphatic carbocycles. The zero-order valence-electron chi connectivity index (χ0n) is 15.7. The average molecular weight is 389 g/mol. The Kier molecular flexibility index (Phi) is 6.64.